The summed E-state index contributed by atoms with van der Waals surface area (Å²) < 4.78 is 5.95. The maximum atomic E-state index is 5.95. The molecule has 1 atom stereocenters. The summed E-state index contributed by atoms with van der Waals surface area (Å²) in [5.74, 6) is 1.54. The Labute approximate surface area is 194 Å². The van der Waals surface area contributed by atoms with Gasteiger partial charge in [-0.05, 0) is 38.1 Å². The van der Waals surface area contributed by atoms with Crippen molar-refractivity contribution in [1.29, 1.82) is 0 Å². The molecule has 1 unspecified atom stereocenters. The van der Waals surface area contributed by atoms with Crippen LogP contribution in [0.5, 0.6) is 0 Å². The number of nitrogens with zero attached hydrogens (tertiary/aromatic N) is 3. The average molecular weight is 518 g/mol. The number of aliphatic imine (C=N–C) groups is 1. The van der Waals surface area contributed by atoms with Crippen LogP contribution in [0.1, 0.15) is 31.9 Å². The Morgan fingerprint density at radius 2 is 1.97 bits per heavy atom. The van der Waals surface area contributed by atoms with Crippen molar-refractivity contribution in [3.63, 3.8) is 0 Å². The Kier molecular flexibility index (Phi) is 12.8. The Morgan fingerprint density at radius 1 is 1.24 bits per heavy atom. The molecule has 1 aromatic rings. The molecular weight excluding hydrogens is 477 g/mol. The van der Waals surface area contributed by atoms with E-state index in [9.17, 15) is 0 Å². The zero-order chi connectivity index (χ0) is 20.4. The van der Waals surface area contributed by atoms with Crippen molar-refractivity contribution >= 4 is 29.9 Å². The normalized spacial score (nSPS) is 18.0. The summed E-state index contributed by atoms with van der Waals surface area (Å²) in [5.41, 5.74) is 2.59. The van der Waals surface area contributed by atoms with E-state index < -0.39 is 0 Å². The Morgan fingerprint density at radius 3 is 2.62 bits per heavy atom. The van der Waals surface area contributed by atoms with E-state index in [4.69, 9.17) is 9.73 Å². The van der Waals surface area contributed by atoms with Crippen molar-refractivity contribution in [2.75, 3.05) is 53.4 Å². The third kappa shape index (κ3) is 10.1. The summed E-state index contributed by atoms with van der Waals surface area (Å²) in [6.45, 7) is 13.8. The third-order valence-corrected chi connectivity index (χ3v) is 4.70. The van der Waals surface area contributed by atoms with Crippen LogP contribution in [0.25, 0.3) is 0 Å². The molecule has 0 aromatic heterocycles. The second-order valence-electron chi connectivity index (χ2n) is 8.23. The van der Waals surface area contributed by atoms with Crippen LogP contribution in [0, 0.1) is 5.92 Å². The molecule has 7 heteroatoms. The lowest BCUT2D eigenvalue weighted by molar-refractivity contribution is -0.0284. The topological polar surface area (TPSA) is 52.1 Å². The van der Waals surface area contributed by atoms with Crippen LogP contribution in [-0.4, -0.2) is 75.3 Å². The summed E-state index contributed by atoms with van der Waals surface area (Å²) in [6.07, 6.45) is 0.206. The molecule has 1 aliphatic rings. The van der Waals surface area contributed by atoms with Crippen LogP contribution in [0.2, 0.25) is 0 Å². The SMILES string of the molecule is CCNC(=NCc1ccccc1CN(C)C)NCC1CN(CC(C)C)CCO1.I. The number of benzene rings is 1. The zero-order valence-corrected chi connectivity index (χ0v) is 21.1. The maximum Gasteiger partial charge on any atom is 0.191 e. The van der Waals surface area contributed by atoms with Crippen LogP contribution < -0.4 is 10.6 Å². The summed E-state index contributed by atoms with van der Waals surface area (Å²) >= 11 is 0. The molecular formula is C22H40IN5O. The number of nitrogens with one attached hydrogen (secondary N) is 2. The van der Waals surface area contributed by atoms with Gasteiger partial charge in [-0.15, -0.1) is 24.0 Å². The lowest BCUT2D eigenvalue weighted by Gasteiger charge is -2.34. The van der Waals surface area contributed by atoms with Gasteiger partial charge in [0.25, 0.3) is 0 Å². The predicted molar refractivity (Wildman–Crippen MR) is 133 cm³/mol. The third-order valence-electron chi connectivity index (χ3n) is 4.70. The molecule has 0 bridgehead atoms. The van der Waals surface area contributed by atoms with Gasteiger partial charge in [0.05, 0.1) is 19.3 Å². The van der Waals surface area contributed by atoms with Gasteiger partial charge in [-0.3, -0.25) is 4.90 Å². The van der Waals surface area contributed by atoms with Gasteiger partial charge in [-0.1, -0.05) is 38.1 Å². The Bertz CT molecular complexity index is 609. The first-order chi connectivity index (χ1) is 13.5. The fourth-order valence-electron chi connectivity index (χ4n) is 3.51. The summed E-state index contributed by atoms with van der Waals surface area (Å²) in [6, 6.07) is 8.53. The minimum absolute atomic E-state index is 0. The molecule has 1 aromatic carbocycles. The fraction of sp³-hybridized carbons (Fsp3) is 0.682. The Hall–Kier alpha value is -0.900. The first-order valence-electron chi connectivity index (χ1n) is 10.6. The molecule has 1 heterocycles. The number of hydrogen-bond donors (Lipinski definition) is 2. The molecule has 6 nitrogen and oxygen atoms in total. The predicted octanol–water partition coefficient (Wildman–Crippen LogP) is 2.78. The highest BCUT2D eigenvalue weighted by atomic mass is 127. The van der Waals surface area contributed by atoms with E-state index in [1.807, 2.05) is 0 Å². The van der Waals surface area contributed by atoms with Crippen LogP contribution >= 0.6 is 24.0 Å². The smallest absolute Gasteiger partial charge is 0.191 e. The van der Waals surface area contributed by atoms with Crippen molar-refractivity contribution in [3.05, 3.63) is 35.4 Å². The fourth-order valence-corrected chi connectivity index (χ4v) is 3.51. The Balaban J connectivity index is 0.00000420. The van der Waals surface area contributed by atoms with Crippen molar-refractivity contribution in [2.24, 2.45) is 10.9 Å². The molecule has 1 aliphatic heterocycles. The molecule has 2 rings (SSSR count). The van der Waals surface area contributed by atoms with E-state index in [2.05, 4.69) is 79.6 Å². The minimum Gasteiger partial charge on any atom is -0.374 e. The van der Waals surface area contributed by atoms with Crippen LogP contribution in [-0.2, 0) is 17.8 Å². The lowest BCUT2D eigenvalue weighted by atomic mass is 10.1. The van der Waals surface area contributed by atoms with E-state index in [1.165, 1.54) is 11.1 Å². The monoisotopic (exact) mass is 517 g/mol. The highest BCUT2D eigenvalue weighted by Gasteiger charge is 2.21. The van der Waals surface area contributed by atoms with Crippen molar-refractivity contribution in [3.8, 4) is 0 Å². The molecule has 0 spiro atoms. The first kappa shape index (κ1) is 26.1. The van der Waals surface area contributed by atoms with Crippen molar-refractivity contribution in [2.45, 2.75) is 40.0 Å². The van der Waals surface area contributed by atoms with E-state index in [0.29, 0.717) is 12.5 Å². The molecule has 1 fully saturated rings. The number of halogens is 1. The van der Waals surface area contributed by atoms with Gasteiger partial charge in [0.15, 0.2) is 5.96 Å². The second-order valence-corrected chi connectivity index (χ2v) is 8.23. The molecule has 166 valence electrons. The second kappa shape index (κ2) is 14.2. The molecule has 0 saturated carbocycles. The largest absolute Gasteiger partial charge is 0.374 e. The number of rotatable bonds is 9. The van der Waals surface area contributed by atoms with Gasteiger partial charge in [0.1, 0.15) is 0 Å². The van der Waals surface area contributed by atoms with E-state index in [0.717, 1.165) is 51.8 Å². The highest BCUT2D eigenvalue weighted by molar-refractivity contribution is 14.0. The standard InChI is InChI=1S/C22H39N5O.HI/c1-6-23-22(24-13-19-9-7-8-10-20(19)16-26(4)5)25-14-21-17-27(11-12-28-21)15-18(2)3;/h7-10,18,21H,6,11-17H2,1-5H3,(H2,23,24,25);1H. The summed E-state index contributed by atoms with van der Waals surface area (Å²) in [7, 11) is 4.19. The van der Waals surface area contributed by atoms with Crippen molar-refractivity contribution in [1.82, 2.24) is 20.4 Å². The number of guanidine groups is 1. The number of morpholine rings is 1. The van der Waals surface area contributed by atoms with Gasteiger partial charge in [0, 0.05) is 39.3 Å². The molecule has 0 amide bonds. The molecule has 1 saturated heterocycles. The summed E-state index contributed by atoms with van der Waals surface area (Å²) in [5, 5.41) is 6.83. The first-order valence-corrected chi connectivity index (χ1v) is 10.6. The minimum atomic E-state index is 0. The molecule has 29 heavy (non-hydrogen) atoms. The van der Waals surface area contributed by atoms with Gasteiger partial charge < -0.3 is 20.3 Å². The van der Waals surface area contributed by atoms with E-state index in [1.54, 1.807) is 0 Å². The number of ether oxygens (including phenoxy) is 1. The van der Waals surface area contributed by atoms with Crippen LogP contribution in [0.4, 0.5) is 0 Å². The molecule has 0 aliphatic carbocycles. The van der Waals surface area contributed by atoms with Gasteiger partial charge in [0.2, 0.25) is 0 Å². The maximum absolute atomic E-state index is 5.95. The van der Waals surface area contributed by atoms with E-state index in [-0.39, 0.29) is 30.1 Å². The van der Waals surface area contributed by atoms with E-state index >= 15 is 0 Å². The van der Waals surface area contributed by atoms with Gasteiger partial charge in [-0.25, -0.2) is 4.99 Å². The van der Waals surface area contributed by atoms with Gasteiger partial charge >= 0.3 is 0 Å². The van der Waals surface area contributed by atoms with Crippen LogP contribution in [0.15, 0.2) is 29.3 Å². The van der Waals surface area contributed by atoms with Crippen molar-refractivity contribution < 1.29 is 4.74 Å². The van der Waals surface area contributed by atoms with Gasteiger partial charge in [-0.2, -0.15) is 0 Å². The molecule has 0 radical (unpaired) electrons. The lowest BCUT2D eigenvalue weighted by Crippen LogP contribution is -2.50. The zero-order valence-electron chi connectivity index (χ0n) is 18.8. The molecule has 2 N–H and O–H groups in total. The highest BCUT2D eigenvalue weighted by Crippen LogP contribution is 2.12. The average Bonchev–Trinajstić information content (AvgIpc) is 2.64. The quantitative estimate of drug-likeness (QED) is 0.300. The summed E-state index contributed by atoms with van der Waals surface area (Å²) in [4.78, 5) is 9.50. The van der Waals surface area contributed by atoms with Crippen LogP contribution in [0.3, 0.4) is 0 Å². The number of hydrogen-bond acceptors (Lipinski definition) is 4.